The van der Waals surface area contributed by atoms with E-state index in [9.17, 15) is 0 Å². The third-order valence-electron chi connectivity index (χ3n) is 12.9. The SMILES string of the molecule is c1ccc(-c2cc(-c3ccccc3)cc(-c3cnc(-c4ccc5c(c4)oc4ccc6c(c7ccccc7n6-c6ccccc6)c45)c(-c4nc(-c5ccccc5)nc(-c5ccccc5)n4)c3)c2)cc1. The Kier molecular flexibility index (Phi) is 9.39. The Labute approximate surface area is 392 Å². The fourth-order valence-electron chi connectivity index (χ4n) is 9.67. The molecular weight excluding hydrogens is 831 g/mol. The van der Waals surface area contributed by atoms with E-state index in [1.54, 1.807) is 0 Å². The summed E-state index contributed by atoms with van der Waals surface area (Å²) in [5.41, 5.74) is 15.6. The summed E-state index contributed by atoms with van der Waals surface area (Å²) in [6.45, 7) is 0. The number of para-hydroxylation sites is 2. The Balaban J connectivity index is 1.04. The van der Waals surface area contributed by atoms with Crippen molar-refractivity contribution in [1.82, 2.24) is 24.5 Å². The molecule has 0 unspecified atom stereocenters. The van der Waals surface area contributed by atoms with Crippen LogP contribution in [0.4, 0.5) is 0 Å². The van der Waals surface area contributed by atoms with E-state index in [0.717, 1.165) is 105 Å². The number of aromatic nitrogens is 5. The number of hydrogen-bond donors (Lipinski definition) is 0. The van der Waals surface area contributed by atoms with Gasteiger partial charge in [-0.1, -0.05) is 164 Å². The van der Waals surface area contributed by atoms with Crippen LogP contribution in [0, 0.1) is 0 Å². The minimum absolute atomic E-state index is 0.518. The standard InChI is InChI=1S/C62H39N5O/c1-6-18-40(19-7-1)45-34-46(41-20-8-2-9-21-41)36-47(35-45)48-37-52(62-65-60(42-22-10-3-11-23-42)64-61(66-62)43-24-12-4-13-25-43)59(63-39-48)44-30-31-51-56(38-44)68-55-33-32-54-57(58(51)55)50-28-16-17-29-53(50)67(54)49-26-14-5-15-27-49/h1-39H. The first-order valence-corrected chi connectivity index (χ1v) is 22.8. The molecule has 0 saturated heterocycles. The van der Waals surface area contributed by atoms with Crippen LogP contribution in [0.25, 0.3) is 128 Å². The normalized spacial score (nSPS) is 11.5. The van der Waals surface area contributed by atoms with E-state index in [0.29, 0.717) is 17.5 Å². The quantitative estimate of drug-likeness (QED) is 0.152. The zero-order valence-electron chi connectivity index (χ0n) is 36.7. The lowest BCUT2D eigenvalue weighted by atomic mass is 9.92. The van der Waals surface area contributed by atoms with E-state index in [1.807, 2.05) is 66.9 Å². The molecule has 0 radical (unpaired) electrons. The van der Waals surface area contributed by atoms with Gasteiger partial charge in [0.2, 0.25) is 0 Å². The highest BCUT2D eigenvalue weighted by molar-refractivity contribution is 6.27. The second-order valence-corrected chi connectivity index (χ2v) is 17.0. The van der Waals surface area contributed by atoms with Crippen molar-refractivity contribution >= 4 is 43.7 Å². The molecular formula is C62H39N5O. The van der Waals surface area contributed by atoms with E-state index < -0.39 is 0 Å². The highest BCUT2D eigenvalue weighted by atomic mass is 16.3. The molecule has 0 N–H and O–H groups in total. The molecule has 13 rings (SSSR count). The zero-order chi connectivity index (χ0) is 45.0. The highest BCUT2D eigenvalue weighted by Gasteiger charge is 2.22. The molecule has 0 aliphatic rings. The molecule has 9 aromatic carbocycles. The first-order valence-electron chi connectivity index (χ1n) is 22.8. The van der Waals surface area contributed by atoms with Gasteiger partial charge in [-0.3, -0.25) is 4.98 Å². The molecule has 0 aliphatic heterocycles. The van der Waals surface area contributed by atoms with Crippen LogP contribution in [0.1, 0.15) is 0 Å². The average molecular weight is 870 g/mol. The van der Waals surface area contributed by atoms with E-state index in [-0.39, 0.29) is 0 Å². The largest absolute Gasteiger partial charge is 0.456 e. The molecule has 6 heteroatoms. The molecule has 0 saturated carbocycles. The summed E-state index contributed by atoms with van der Waals surface area (Å²) in [6, 6.07) is 80.1. The number of furan rings is 1. The summed E-state index contributed by atoms with van der Waals surface area (Å²) in [5.74, 6) is 1.68. The van der Waals surface area contributed by atoms with Gasteiger partial charge < -0.3 is 8.98 Å². The molecule has 0 spiro atoms. The predicted molar refractivity (Wildman–Crippen MR) is 277 cm³/mol. The highest BCUT2D eigenvalue weighted by Crippen LogP contribution is 2.43. The van der Waals surface area contributed by atoms with Gasteiger partial charge in [0.25, 0.3) is 0 Å². The minimum Gasteiger partial charge on any atom is -0.456 e. The first-order chi connectivity index (χ1) is 33.7. The van der Waals surface area contributed by atoms with Crippen LogP contribution < -0.4 is 0 Å². The number of nitrogens with zero attached hydrogens (tertiary/aromatic N) is 5. The molecule has 4 heterocycles. The summed E-state index contributed by atoms with van der Waals surface area (Å²) in [7, 11) is 0. The molecule has 318 valence electrons. The van der Waals surface area contributed by atoms with Crippen LogP contribution in [-0.4, -0.2) is 24.5 Å². The molecule has 4 aromatic heterocycles. The number of rotatable bonds is 8. The fraction of sp³-hybridized carbons (Fsp3) is 0. The van der Waals surface area contributed by atoms with E-state index >= 15 is 0 Å². The second-order valence-electron chi connectivity index (χ2n) is 17.0. The van der Waals surface area contributed by atoms with Crippen LogP contribution >= 0.6 is 0 Å². The van der Waals surface area contributed by atoms with Crippen LogP contribution in [0.5, 0.6) is 0 Å². The minimum atomic E-state index is 0.518. The van der Waals surface area contributed by atoms with Gasteiger partial charge in [-0.05, 0) is 94.5 Å². The van der Waals surface area contributed by atoms with Gasteiger partial charge in [-0.15, -0.1) is 0 Å². The molecule has 0 aliphatic carbocycles. The zero-order valence-corrected chi connectivity index (χ0v) is 36.7. The molecule has 0 bridgehead atoms. The van der Waals surface area contributed by atoms with Crippen LogP contribution in [-0.2, 0) is 0 Å². The Morgan fingerprint density at radius 3 is 1.47 bits per heavy atom. The van der Waals surface area contributed by atoms with Gasteiger partial charge >= 0.3 is 0 Å². The third-order valence-corrected chi connectivity index (χ3v) is 12.9. The molecule has 68 heavy (non-hydrogen) atoms. The summed E-state index contributed by atoms with van der Waals surface area (Å²) in [4.78, 5) is 20.9. The van der Waals surface area contributed by atoms with E-state index in [4.69, 9.17) is 24.4 Å². The lowest BCUT2D eigenvalue weighted by Crippen LogP contribution is -2.02. The van der Waals surface area contributed by atoms with E-state index in [2.05, 4.69) is 174 Å². The summed E-state index contributed by atoms with van der Waals surface area (Å²) >= 11 is 0. The van der Waals surface area contributed by atoms with Gasteiger partial charge in [-0.2, -0.15) is 0 Å². The van der Waals surface area contributed by atoms with Crippen molar-refractivity contribution in [1.29, 1.82) is 0 Å². The van der Waals surface area contributed by atoms with Gasteiger partial charge in [0.1, 0.15) is 11.2 Å². The Morgan fingerprint density at radius 1 is 0.324 bits per heavy atom. The fourth-order valence-corrected chi connectivity index (χ4v) is 9.67. The Morgan fingerprint density at radius 2 is 0.853 bits per heavy atom. The molecule has 13 aromatic rings. The monoisotopic (exact) mass is 869 g/mol. The van der Waals surface area contributed by atoms with Gasteiger partial charge in [0, 0.05) is 61.2 Å². The van der Waals surface area contributed by atoms with Gasteiger partial charge in [-0.25, -0.2) is 15.0 Å². The van der Waals surface area contributed by atoms with Crippen molar-refractivity contribution in [2.24, 2.45) is 0 Å². The average Bonchev–Trinajstić information content (AvgIpc) is 3.97. The maximum absolute atomic E-state index is 6.81. The smallest absolute Gasteiger partial charge is 0.166 e. The van der Waals surface area contributed by atoms with Crippen molar-refractivity contribution in [3.63, 3.8) is 0 Å². The van der Waals surface area contributed by atoms with Crippen molar-refractivity contribution in [3.05, 3.63) is 237 Å². The maximum atomic E-state index is 6.81. The third kappa shape index (κ3) is 6.82. The van der Waals surface area contributed by atoms with Crippen molar-refractivity contribution in [3.8, 4) is 84.5 Å². The van der Waals surface area contributed by atoms with Gasteiger partial charge in [0.05, 0.1) is 16.7 Å². The topological polar surface area (TPSA) is 69.6 Å². The maximum Gasteiger partial charge on any atom is 0.166 e. The lowest BCUT2D eigenvalue weighted by Gasteiger charge is -2.15. The summed E-state index contributed by atoms with van der Waals surface area (Å²) in [6.07, 6.45) is 1.97. The number of fused-ring (bicyclic) bond motifs is 7. The first kappa shape index (κ1) is 39.1. The lowest BCUT2D eigenvalue weighted by molar-refractivity contribution is 0.669. The van der Waals surface area contributed by atoms with E-state index in [1.165, 1.54) is 5.39 Å². The van der Waals surface area contributed by atoms with Crippen LogP contribution in [0.3, 0.4) is 0 Å². The summed E-state index contributed by atoms with van der Waals surface area (Å²) in [5, 5.41) is 4.46. The second kappa shape index (κ2) is 16.3. The van der Waals surface area contributed by atoms with Crippen molar-refractivity contribution in [2.45, 2.75) is 0 Å². The molecule has 0 atom stereocenters. The molecule has 0 fully saturated rings. The van der Waals surface area contributed by atoms with Crippen molar-refractivity contribution in [2.75, 3.05) is 0 Å². The van der Waals surface area contributed by atoms with Gasteiger partial charge in [0.15, 0.2) is 17.5 Å². The molecule has 6 nitrogen and oxygen atoms in total. The number of hydrogen-bond acceptors (Lipinski definition) is 5. The number of benzene rings is 9. The molecule has 0 amide bonds. The number of pyridine rings is 1. The Hall–Kier alpha value is -9.26. The summed E-state index contributed by atoms with van der Waals surface area (Å²) < 4.78 is 9.15. The van der Waals surface area contributed by atoms with Crippen molar-refractivity contribution < 1.29 is 4.42 Å². The Bertz CT molecular complexity index is 3880. The van der Waals surface area contributed by atoms with Crippen LogP contribution in [0.15, 0.2) is 241 Å². The van der Waals surface area contributed by atoms with Crippen LogP contribution in [0.2, 0.25) is 0 Å². The predicted octanol–water partition coefficient (Wildman–Crippen LogP) is 15.9.